The van der Waals surface area contributed by atoms with Gasteiger partial charge in [0.25, 0.3) is 0 Å². The van der Waals surface area contributed by atoms with Crippen LogP contribution < -0.4 is 5.73 Å². The largest absolute Gasteiger partial charge is 0.369 e. The lowest BCUT2D eigenvalue weighted by molar-refractivity contribution is -0.133. The predicted molar refractivity (Wildman–Crippen MR) is 79.1 cm³/mol. The van der Waals surface area contributed by atoms with Crippen molar-refractivity contribution < 1.29 is 4.79 Å². The highest BCUT2D eigenvalue weighted by molar-refractivity contribution is 5.82. The summed E-state index contributed by atoms with van der Waals surface area (Å²) in [4.78, 5) is 18.6. The first-order valence-corrected chi connectivity index (χ1v) is 7.13. The van der Waals surface area contributed by atoms with Crippen molar-refractivity contribution in [2.45, 2.75) is 26.3 Å². The molecular formula is C15H20N4O. The molecule has 20 heavy (non-hydrogen) atoms. The maximum absolute atomic E-state index is 12.4. The van der Waals surface area contributed by atoms with Gasteiger partial charge in [0.2, 0.25) is 11.9 Å². The van der Waals surface area contributed by atoms with E-state index in [9.17, 15) is 4.79 Å². The van der Waals surface area contributed by atoms with Gasteiger partial charge in [0, 0.05) is 13.1 Å². The number of nitrogens with two attached hydrogens (primary N) is 1. The molecule has 1 aliphatic rings. The van der Waals surface area contributed by atoms with Crippen molar-refractivity contribution >= 4 is 22.9 Å². The van der Waals surface area contributed by atoms with Crippen LogP contribution in [-0.4, -0.2) is 33.4 Å². The maximum Gasteiger partial charge on any atom is 0.242 e. The van der Waals surface area contributed by atoms with Crippen molar-refractivity contribution in [3.63, 3.8) is 0 Å². The zero-order chi connectivity index (χ0) is 14.1. The number of nitrogen functional groups attached to an aromatic ring is 1. The number of anilines is 1. The van der Waals surface area contributed by atoms with Crippen LogP contribution >= 0.6 is 0 Å². The van der Waals surface area contributed by atoms with E-state index in [-0.39, 0.29) is 12.5 Å². The van der Waals surface area contributed by atoms with Gasteiger partial charge in [-0.05, 0) is 30.9 Å². The van der Waals surface area contributed by atoms with Gasteiger partial charge in [-0.3, -0.25) is 4.79 Å². The van der Waals surface area contributed by atoms with Gasteiger partial charge in [-0.2, -0.15) is 0 Å². The Hall–Kier alpha value is -2.04. The molecule has 1 saturated heterocycles. The molecule has 106 valence electrons. The van der Waals surface area contributed by atoms with E-state index < -0.39 is 0 Å². The molecule has 0 unspecified atom stereocenters. The van der Waals surface area contributed by atoms with E-state index in [4.69, 9.17) is 5.73 Å². The van der Waals surface area contributed by atoms with Gasteiger partial charge in [-0.15, -0.1) is 0 Å². The molecular weight excluding hydrogens is 252 g/mol. The molecule has 0 aliphatic carbocycles. The monoisotopic (exact) mass is 272 g/mol. The summed E-state index contributed by atoms with van der Waals surface area (Å²) in [5.41, 5.74) is 7.69. The molecule has 2 N–H and O–H groups in total. The van der Waals surface area contributed by atoms with Crippen molar-refractivity contribution in [1.82, 2.24) is 14.5 Å². The molecule has 1 fully saturated rings. The molecule has 0 saturated carbocycles. The molecule has 1 aromatic heterocycles. The predicted octanol–water partition coefficient (Wildman–Crippen LogP) is 1.88. The molecule has 2 heterocycles. The first kappa shape index (κ1) is 13.0. The van der Waals surface area contributed by atoms with E-state index in [1.165, 1.54) is 0 Å². The molecule has 0 spiro atoms. The third-order valence-corrected chi connectivity index (χ3v) is 4.11. The Morgan fingerprint density at radius 1 is 1.35 bits per heavy atom. The first-order valence-electron chi connectivity index (χ1n) is 7.13. The number of nitrogens with zero attached hydrogens (tertiary/aromatic N) is 3. The Balaban J connectivity index is 1.79. The Morgan fingerprint density at radius 3 is 2.80 bits per heavy atom. The minimum absolute atomic E-state index is 0.131. The zero-order valence-corrected chi connectivity index (χ0v) is 11.7. The van der Waals surface area contributed by atoms with Crippen LogP contribution in [0.5, 0.6) is 0 Å². The van der Waals surface area contributed by atoms with Gasteiger partial charge >= 0.3 is 0 Å². The summed E-state index contributed by atoms with van der Waals surface area (Å²) in [6.07, 6.45) is 2.18. The van der Waals surface area contributed by atoms with Crippen molar-refractivity contribution in [2.24, 2.45) is 5.92 Å². The summed E-state index contributed by atoms with van der Waals surface area (Å²) in [7, 11) is 0. The normalized spacial score (nSPS) is 16.8. The van der Waals surface area contributed by atoms with Gasteiger partial charge in [0.05, 0.1) is 11.0 Å². The third kappa shape index (κ3) is 2.35. The van der Waals surface area contributed by atoms with Crippen molar-refractivity contribution in [3.8, 4) is 0 Å². The second-order valence-electron chi connectivity index (χ2n) is 5.61. The fourth-order valence-corrected chi connectivity index (χ4v) is 2.75. The summed E-state index contributed by atoms with van der Waals surface area (Å²) in [5.74, 6) is 1.26. The number of carbonyl (C=O) groups is 1. The number of hydrogen-bond donors (Lipinski definition) is 1. The average molecular weight is 272 g/mol. The van der Waals surface area contributed by atoms with E-state index in [0.717, 1.165) is 42.9 Å². The van der Waals surface area contributed by atoms with Gasteiger partial charge in [-0.1, -0.05) is 19.1 Å². The standard InChI is InChI=1S/C15H20N4O/c1-11-6-8-18(9-7-11)14(20)10-19-13-5-3-2-4-12(13)17-15(19)16/h2-5,11H,6-10H2,1H3,(H2,16,17). The Morgan fingerprint density at radius 2 is 2.05 bits per heavy atom. The highest BCUT2D eigenvalue weighted by Crippen LogP contribution is 2.19. The molecule has 0 radical (unpaired) electrons. The van der Waals surface area contributed by atoms with E-state index in [2.05, 4.69) is 11.9 Å². The summed E-state index contributed by atoms with van der Waals surface area (Å²) in [5, 5.41) is 0. The van der Waals surface area contributed by atoms with E-state index >= 15 is 0 Å². The lowest BCUT2D eigenvalue weighted by atomic mass is 9.99. The van der Waals surface area contributed by atoms with Gasteiger partial charge in [0.1, 0.15) is 6.54 Å². The molecule has 5 heteroatoms. The second kappa shape index (κ2) is 5.15. The van der Waals surface area contributed by atoms with E-state index in [1.54, 1.807) is 4.57 Å². The van der Waals surface area contributed by atoms with Crippen molar-refractivity contribution in [3.05, 3.63) is 24.3 Å². The number of likely N-dealkylation sites (tertiary alicyclic amines) is 1. The highest BCUT2D eigenvalue weighted by Gasteiger charge is 2.21. The lowest BCUT2D eigenvalue weighted by Gasteiger charge is -2.30. The quantitative estimate of drug-likeness (QED) is 0.907. The number of para-hydroxylation sites is 2. The van der Waals surface area contributed by atoms with Crippen LogP contribution in [-0.2, 0) is 11.3 Å². The van der Waals surface area contributed by atoms with E-state index in [0.29, 0.717) is 5.95 Å². The number of piperidine rings is 1. The summed E-state index contributed by atoms with van der Waals surface area (Å²) < 4.78 is 1.80. The smallest absolute Gasteiger partial charge is 0.242 e. The van der Waals surface area contributed by atoms with Crippen LogP contribution in [0.3, 0.4) is 0 Å². The topological polar surface area (TPSA) is 64.2 Å². The van der Waals surface area contributed by atoms with Gasteiger partial charge < -0.3 is 15.2 Å². The fraction of sp³-hybridized carbons (Fsp3) is 0.467. The molecule has 3 rings (SSSR count). The Bertz CT molecular complexity index is 626. The molecule has 2 aromatic rings. The minimum atomic E-state index is 0.131. The molecule has 0 atom stereocenters. The van der Waals surface area contributed by atoms with E-state index in [1.807, 2.05) is 29.2 Å². The van der Waals surface area contributed by atoms with Crippen LogP contribution in [0.2, 0.25) is 0 Å². The number of rotatable bonds is 2. The van der Waals surface area contributed by atoms with Crippen molar-refractivity contribution in [1.29, 1.82) is 0 Å². The SMILES string of the molecule is CC1CCN(C(=O)Cn2c(N)nc3ccccc32)CC1. The second-order valence-corrected chi connectivity index (χ2v) is 5.61. The van der Waals surface area contributed by atoms with Crippen LogP contribution in [0.1, 0.15) is 19.8 Å². The Labute approximate surface area is 118 Å². The fourth-order valence-electron chi connectivity index (χ4n) is 2.75. The highest BCUT2D eigenvalue weighted by atomic mass is 16.2. The molecule has 0 bridgehead atoms. The van der Waals surface area contributed by atoms with Crippen molar-refractivity contribution in [2.75, 3.05) is 18.8 Å². The zero-order valence-electron chi connectivity index (χ0n) is 11.7. The average Bonchev–Trinajstić information content (AvgIpc) is 2.76. The minimum Gasteiger partial charge on any atom is -0.369 e. The third-order valence-electron chi connectivity index (χ3n) is 4.11. The number of aromatic nitrogens is 2. The number of fused-ring (bicyclic) bond motifs is 1. The lowest BCUT2D eigenvalue weighted by Crippen LogP contribution is -2.39. The number of amides is 1. The van der Waals surface area contributed by atoms with Crippen LogP contribution in [0.4, 0.5) is 5.95 Å². The van der Waals surface area contributed by atoms with Crippen LogP contribution in [0, 0.1) is 5.92 Å². The maximum atomic E-state index is 12.4. The number of hydrogen-bond acceptors (Lipinski definition) is 3. The summed E-state index contributed by atoms with van der Waals surface area (Å²) >= 11 is 0. The molecule has 1 aliphatic heterocycles. The first-order chi connectivity index (χ1) is 9.65. The number of benzene rings is 1. The van der Waals surface area contributed by atoms with Gasteiger partial charge in [0.15, 0.2) is 0 Å². The molecule has 1 aromatic carbocycles. The number of carbonyl (C=O) groups excluding carboxylic acids is 1. The summed E-state index contributed by atoms with van der Waals surface area (Å²) in [6, 6.07) is 7.72. The number of imidazole rings is 1. The van der Waals surface area contributed by atoms with Crippen LogP contribution in [0.15, 0.2) is 24.3 Å². The van der Waals surface area contributed by atoms with Crippen LogP contribution in [0.25, 0.3) is 11.0 Å². The Kier molecular flexibility index (Phi) is 3.34. The van der Waals surface area contributed by atoms with Gasteiger partial charge in [-0.25, -0.2) is 4.98 Å². The molecule has 1 amide bonds. The summed E-state index contributed by atoms with van der Waals surface area (Å²) in [6.45, 7) is 4.23. The molecule has 5 nitrogen and oxygen atoms in total.